The summed E-state index contributed by atoms with van der Waals surface area (Å²) < 4.78 is 5.85. The molecule has 1 aromatic rings. The molecule has 1 amide bonds. The van der Waals surface area contributed by atoms with E-state index in [1.54, 1.807) is 12.1 Å². The minimum absolute atomic E-state index is 0.0402. The third-order valence-electron chi connectivity index (χ3n) is 2.12. The lowest BCUT2D eigenvalue weighted by Gasteiger charge is -2.12. The summed E-state index contributed by atoms with van der Waals surface area (Å²) in [4.78, 5) is 12.5. The Balaban J connectivity index is 1.97. The van der Waals surface area contributed by atoms with Gasteiger partial charge in [-0.25, -0.2) is 0 Å². The summed E-state index contributed by atoms with van der Waals surface area (Å²) in [6.07, 6.45) is 0. The standard InChI is InChI=1S/C9H9BrClNO2S/c10-5-3-14-4-6(5)12-9(13)7-1-2-8(11)15-7/h1-2,5-6H,3-4H2,(H,12,13). The van der Waals surface area contributed by atoms with Crippen molar-refractivity contribution in [3.63, 3.8) is 0 Å². The molecule has 2 rings (SSSR count). The lowest BCUT2D eigenvalue weighted by atomic mass is 10.2. The van der Waals surface area contributed by atoms with Crippen LogP contribution in [0.2, 0.25) is 4.34 Å². The van der Waals surface area contributed by atoms with Gasteiger partial charge in [0.1, 0.15) is 0 Å². The number of carbonyl (C=O) groups is 1. The van der Waals surface area contributed by atoms with Crippen LogP contribution in [0.3, 0.4) is 0 Å². The molecule has 1 aliphatic rings. The first-order valence-corrected chi connectivity index (χ1v) is 6.56. The quantitative estimate of drug-likeness (QED) is 0.851. The van der Waals surface area contributed by atoms with E-state index in [1.807, 2.05) is 0 Å². The van der Waals surface area contributed by atoms with Crippen molar-refractivity contribution in [3.05, 3.63) is 21.3 Å². The van der Waals surface area contributed by atoms with Crippen LogP contribution in [0, 0.1) is 0 Å². The van der Waals surface area contributed by atoms with Crippen LogP contribution in [0.4, 0.5) is 0 Å². The molecule has 1 N–H and O–H groups in total. The lowest BCUT2D eigenvalue weighted by molar-refractivity contribution is 0.0934. The zero-order valence-electron chi connectivity index (χ0n) is 7.70. The summed E-state index contributed by atoms with van der Waals surface area (Å²) in [5.74, 6) is -0.0909. The number of halogens is 2. The summed E-state index contributed by atoms with van der Waals surface area (Å²) in [7, 11) is 0. The highest BCUT2D eigenvalue weighted by Gasteiger charge is 2.27. The zero-order valence-corrected chi connectivity index (χ0v) is 10.9. The number of ether oxygens (including phenoxy) is 1. The van der Waals surface area contributed by atoms with E-state index < -0.39 is 0 Å². The van der Waals surface area contributed by atoms with E-state index in [1.165, 1.54) is 11.3 Å². The molecule has 0 bridgehead atoms. The maximum absolute atomic E-state index is 11.7. The third kappa shape index (κ3) is 2.72. The van der Waals surface area contributed by atoms with E-state index in [0.717, 1.165) is 0 Å². The van der Waals surface area contributed by atoms with E-state index in [2.05, 4.69) is 21.2 Å². The molecule has 15 heavy (non-hydrogen) atoms. The smallest absolute Gasteiger partial charge is 0.261 e. The van der Waals surface area contributed by atoms with Gasteiger partial charge in [-0.05, 0) is 12.1 Å². The van der Waals surface area contributed by atoms with Gasteiger partial charge < -0.3 is 10.1 Å². The second-order valence-electron chi connectivity index (χ2n) is 3.24. The Hall–Kier alpha value is -0.100. The largest absolute Gasteiger partial charge is 0.378 e. The first-order valence-electron chi connectivity index (χ1n) is 4.45. The number of hydrogen-bond donors (Lipinski definition) is 1. The van der Waals surface area contributed by atoms with E-state index in [0.29, 0.717) is 22.4 Å². The molecule has 0 radical (unpaired) electrons. The average molecular weight is 311 g/mol. The number of hydrogen-bond acceptors (Lipinski definition) is 3. The van der Waals surface area contributed by atoms with Gasteiger partial charge in [0.2, 0.25) is 0 Å². The van der Waals surface area contributed by atoms with Crippen molar-refractivity contribution in [2.45, 2.75) is 10.9 Å². The van der Waals surface area contributed by atoms with Crippen molar-refractivity contribution < 1.29 is 9.53 Å². The van der Waals surface area contributed by atoms with Crippen LogP contribution in [0.1, 0.15) is 9.67 Å². The van der Waals surface area contributed by atoms with Crippen LogP contribution in [-0.4, -0.2) is 30.0 Å². The Kier molecular flexibility index (Phi) is 3.66. The molecule has 1 saturated heterocycles. The van der Waals surface area contributed by atoms with Crippen molar-refractivity contribution in [3.8, 4) is 0 Å². The molecule has 2 unspecified atom stereocenters. The number of rotatable bonds is 2. The van der Waals surface area contributed by atoms with Gasteiger partial charge in [-0.2, -0.15) is 0 Å². The molecule has 0 spiro atoms. The molecular weight excluding hydrogens is 302 g/mol. The lowest BCUT2D eigenvalue weighted by Crippen LogP contribution is -2.39. The van der Waals surface area contributed by atoms with Crippen molar-refractivity contribution in [2.75, 3.05) is 13.2 Å². The molecular formula is C9H9BrClNO2S. The normalized spacial score (nSPS) is 25.5. The summed E-state index contributed by atoms with van der Waals surface area (Å²) in [6, 6.07) is 3.48. The van der Waals surface area contributed by atoms with Crippen molar-refractivity contribution in [1.29, 1.82) is 0 Å². The SMILES string of the molecule is O=C(NC1COCC1Br)c1ccc(Cl)s1. The highest BCUT2D eigenvalue weighted by Crippen LogP contribution is 2.22. The summed E-state index contributed by atoms with van der Waals surface area (Å²) in [6.45, 7) is 1.19. The Labute approximate surface area is 105 Å². The molecule has 0 saturated carbocycles. The first kappa shape index (κ1) is 11.4. The molecule has 2 atom stereocenters. The topological polar surface area (TPSA) is 38.3 Å². The molecule has 0 aliphatic carbocycles. The van der Waals surface area contributed by atoms with E-state index >= 15 is 0 Å². The number of nitrogens with one attached hydrogen (secondary N) is 1. The van der Waals surface area contributed by atoms with Crippen molar-refractivity contribution in [2.24, 2.45) is 0 Å². The highest BCUT2D eigenvalue weighted by molar-refractivity contribution is 9.09. The van der Waals surface area contributed by atoms with Gasteiger partial charge in [-0.1, -0.05) is 27.5 Å². The molecule has 1 aromatic heterocycles. The Morgan fingerprint density at radius 2 is 2.40 bits per heavy atom. The predicted molar refractivity (Wildman–Crippen MR) is 64.1 cm³/mol. The summed E-state index contributed by atoms with van der Waals surface area (Å²) in [5.41, 5.74) is 0. The minimum atomic E-state index is -0.0909. The predicted octanol–water partition coefficient (Wildman–Crippen LogP) is 2.29. The fourth-order valence-electron chi connectivity index (χ4n) is 1.34. The first-order chi connectivity index (χ1) is 7.16. The summed E-state index contributed by atoms with van der Waals surface area (Å²) >= 11 is 10.5. The van der Waals surface area contributed by atoms with Crippen LogP contribution in [0.25, 0.3) is 0 Å². The van der Waals surface area contributed by atoms with Crippen LogP contribution >= 0.6 is 38.9 Å². The van der Waals surface area contributed by atoms with Gasteiger partial charge in [-0.3, -0.25) is 4.79 Å². The highest BCUT2D eigenvalue weighted by atomic mass is 79.9. The molecule has 1 aliphatic heterocycles. The Bertz CT molecular complexity index is 371. The molecule has 2 heterocycles. The third-order valence-corrected chi connectivity index (χ3v) is 4.26. The summed E-state index contributed by atoms with van der Waals surface area (Å²) in [5, 5.41) is 2.90. The van der Waals surface area contributed by atoms with Crippen LogP contribution in [0.15, 0.2) is 12.1 Å². The number of thiophene rings is 1. The fourth-order valence-corrected chi connectivity index (χ4v) is 2.75. The second kappa shape index (κ2) is 4.82. The monoisotopic (exact) mass is 309 g/mol. The van der Waals surface area contributed by atoms with Crippen molar-refractivity contribution in [1.82, 2.24) is 5.32 Å². The van der Waals surface area contributed by atoms with E-state index in [-0.39, 0.29) is 16.8 Å². The van der Waals surface area contributed by atoms with Gasteiger partial charge in [0.05, 0.1) is 33.3 Å². The van der Waals surface area contributed by atoms with Crippen LogP contribution in [0.5, 0.6) is 0 Å². The van der Waals surface area contributed by atoms with E-state index in [4.69, 9.17) is 16.3 Å². The molecule has 0 aromatic carbocycles. The average Bonchev–Trinajstić information content (AvgIpc) is 2.77. The van der Waals surface area contributed by atoms with E-state index in [9.17, 15) is 4.79 Å². The molecule has 82 valence electrons. The van der Waals surface area contributed by atoms with Crippen LogP contribution < -0.4 is 5.32 Å². The zero-order chi connectivity index (χ0) is 10.8. The van der Waals surface area contributed by atoms with Gasteiger partial charge in [0, 0.05) is 0 Å². The number of alkyl halides is 1. The number of amides is 1. The van der Waals surface area contributed by atoms with Gasteiger partial charge >= 0.3 is 0 Å². The molecule has 6 heteroatoms. The maximum atomic E-state index is 11.7. The Morgan fingerprint density at radius 3 is 2.93 bits per heavy atom. The fraction of sp³-hybridized carbons (Fsp3) is 0.444. The molecule has 3 nitrogen and oxygen atoms in total. The van der Waals surface area contributed by atoms with Crippen molar-refractivity contribution >= 4 is 44.8 Å². The van der Waals surface area contributed by atoms with Gasteiger partial charge in [0.25, 0.3) is 5.91 Å². The number of carbonyl (C=O) groups excluding carboxylic acids is 1. The molecule has 1 fully saturated rings. The van der Waals surface area contributed by atoms with Crippen LogP contribution in [-0.2, 0) is 4.74 Å². The maximum Gasteiger partial charge on any atom is 0.261 e. The van der Waals surface area contributed by atoms with Gasteiger partial charge in [0.15, 0.2) is 0 Å². The minimum Gasteiger partial charge on any atom is -0.378 e. The Morgan fingerprint density at radius 1 is 1.60 bits per heavy atom. The second-order valence-corrected chi connectivity index (χ2v) is 6.13. The van der Waals surface area contributed by atoms with Gasteiger partial charge in [-0.15, -0.1) is 11.3 Å².